The maximum atomic E-state index is 10.1. The molecule has 0 saturated heterocycles. The van der Waals surface area contributed by atoms with E-state index in [-0.39, 0.29) is 11.8 Å². The predicted octanol–water partition coefficient (Wildman–Crippen LogP) is 3.15. The van der Waals surface area contributed by atoms with Crippen LogP contribution in [0.4, 0.5) is 0 Å². The molecule has 1 aromatic carbocycles. The molecule has 1 heterocycles. The maximum Gasteiger partial charge on any atom is 0.164 e. The molecule has 0 radical (unpaired) electrons. The molecular weight excluding hydrogens is 228 g/mol. The van der Waals surface area contributed by atoms with Crippen LogP contribution in [0, 0.1) is 6.92 Å². The number of aromatic hydroxyl groups is 1. The highest BCUT2D eigenvalue weighted by Gasteiger charge is 2.16. The van der Waals surface area contributed by atoms with E-state index >= 15 is 0 Å². The van der Waals surface area contributed by atoms with Gasteiger partial charge in [-0.05, 0) is 45.0 Å². The number of nitrogens with zero attached hydrogens (tertiary/aromatic N) is 2. The molecule has 18 heavy (non-hydrogen) atoms. The third-order valence-electron chi connectivity index (χ3n) is 2.97. The molecule has 0 saturated carbocycles. The molecule has 0 aliphatic rings. The lowest BCUT2D eigenvalue weighted by Crippen LogP contribution is -2.04. The van der Waals surface area contributed by atoms with Crippen molar-refractivity contribution in [2.45, 2.75) is 26.8 Å². The van der Waals surface area contributed by atoms with Crippen LogP contribution >= 0.6 is 0 Å². The topological polar surface area (TPSA) is 47.3 Å². The Labute approximate surface area is 107 Å². The summed E-state index contributed by atoms with van der Waals surface area (Å²) in [6.07, 6.45) is 0. The van der Waals surface area contributed by atoms with Gasteiger partial charge in [0.25, 0.3) is 0 Å². The first kappa shape index (κ1) is 12.5. The molecular formula is C14H18N2O2. The smallest absolute Gasteiger partial charge is 0.164 e. The molecule has 96 valence electrons. The summed E-state index contributed by atoms with van der Waals surface area (Å²) in [5.41, 5.74) is 2.29. The molecule has 0 amide bonds. The number of methoxy groups -OCH3 is 1. The second-order valence-electron chi connectivity index (χ2n) is 4.55. The van der Waals surface area contributed by atoms with Gasteiger partial charge in [0.1, 0.15) is 11.4 Å². The van der Waals surface area contributed by atoms with E-state index in [9.17, 15) is 5.11 Å². The zero-order valence-corrected chi connectivity index (χ0v) is 11.1. The fraction of sp³-hybridized carbons (Fsp3) is 0.357. The van der Waals surface area contributed by atoms with Crippen LogP contribution in [0.3, 0.4) is 0 Å². The Morgan fingerprint density at radius 2 is 1.83 bits per heavy atom. The Kier molecular flexibility index (Phi) is 3.28. The molecule has 1 aromatic heterocycles. The summed E-state index contributed by atoms with van der Waals surface area (Å²) in [6.45, 7) is 5.95. The van der Waals surface area contributed by atoms with Crippen molar-refractivity contribution in [3.63, 3.8) is 0 Å². The van der Waals surface area contributed by atoms with E-state index in [1.807, 2.05) is 49.7 Å². The van der Waals surface area contributed by atoms with Gasteiger partial charge in [-0.1, -0.05) is 0 Å². The van der Waals surface area contributed by atoms with Gasteiger partial charge in [0.15, 0.2) is 5.75 Å². The number of hydrogen-bond donors (Lipinski definition) is 1. The predicted molar refractivity (Wildman–Crippen MR) is 71.0 cm³/mol. The lowest BCUT2D eigenvalue weighted by atomic mass is 10.1. The quantitative estimate of drug-likeness (QED) is 0.905. The van der Waals surface area contributed by atoms with Gasteiger partial charge in [-0.3, -0.25) is 4.68 Å². The molecule has 0 bridgehead atoms. The molecule has 4 heteroatoms. The van der Waals surface area contributed by atoms with Gasteiger partial charge >= 0.3 is 0 Å². The van der Waals surface area contributed by atoms with Gasteiger partial charge in [-0.2, -0.15) is 5.10 Å². The Balaban J connectivity index is 2.47. The molecule has 0 aliphatic heterocycles. The molecule has 0 unspecified atom stereocenters. The average molecular weight is 246 g/mol. The fourth-order valence-electron chi connectivity index (χ4n) is 1.96. The Morgan fingerprint density at radius 3 is 2.28 bits per heavy atom. The van der Waals surface area contributed by atoms with E-state index in [0.29, 0.717) is 5.69 Å². The van der Waals surface area contributed by atoms with Gasteiger partial charge in [0, 0.05) is 11.6 Å². The second-order valence-corrected chi connectivity index (χ2v) is 4.55. The SMILES string of the molecule is COc1ccc(-c2nn(C(C)C)c(C)c2O)cc1. The third kappa shape index (κ3) is 2.06. The number of aromatic nitrogens is 2. The number of benzene rings is 1. The van der Waals surface area contributed by atoms with E-state index in [0.717, 1.165) is 17.0 Å². The van der Waals surface area contributed by atoms with Crippen molar-refractivity contribution >= 4 is 0 Å². The summed E-state index contributed by atoms with van der Waals surface area (Å²) in [5, 5.41) is 14.6. The van der Waals surface area contributed by atoms with Gasteiger partial charge in [0.2, 0.25) is 0 Å². The van der Waals surface area contributed by atoms with Crippen molar-refractivity contribution in [1.82, 2.24) is 9.78 Å². The highest BCUT2D eigenvalue weighted by molar-refractivity contribution is 5.67. The summed E-state index contributed by atoms with van der Waals surface area (Å²) >= 11 is 0. The highest BCUT2D eigenvalue weighted by Crippen LogP contribution is 2.33. The summed E-state index contributed by atoms with van der Waals surface area (Å²) in [7, 11) is 1.63. The molecule has 2 aromatic rings. The molecule has 0 atom stereocenters. The largest absolute Gasteiger partial charge is 0.504 e. The Hall–Kier alpha value is -1.97. The molecule has 0 aliphatic carbocycles. The zero-order chi connectivity index (χ0) is 13.3. The minimum atomic E-state index is 0.225. The summed E-state index contributed by atoms with van der Waals surface area (Å²) in [4.78, 5) is 0. The van der Waals surface area contributed by atoms with Crippen LogP contribution < -0.4 is 4.74 Å². The van der Waals surface area contributed by atoms with Crippen molar-refractivity contribution in [2.75, 3.05) is 7.11 Å². The van der Waals surface area contributed by atoms with Gasteiger partial charge in [-0.25, -0.2) is 0 Å². The minimum absolute atomic E-state index is 0.225. The second kappa shape index (κ2) is 4.72. The maximum absolute atomic E-state index is 10.1. The summed E-state index contributed by atoms with van der Waals surface area (Å²) in [5.74, 6) is 1.03. The summed E-state index contributed by atoms with van der Waals surface area (Å²) < 4.78 is 6.94. The van der Waals surface area contributed by atoms with Crippen molar-refractivity contribution in [1.29, 1.82) is 0 Å². The van der Waals surface area contributed by atoms with E-state index in [1.165, 1.54) is 0 Å². The lowest BCUT2D eigenvalue weighted by molar-refractivity contribution is 0.415. The number of ether oxygens (including phenoxy) is 1. The van der Waals surface area contributed by atoms with Crippen molar-refractivity contribution in [3.8, 4) is 22.8 Å². The number of hydrogen-bond acceptors (Lipinski definition) is 3. The summed E-state index contributed by atoms with van der Waals surface area (Å²) in [6, 6.07) is 7.73. The molecule has 0 spiro atoms. The lowest BCUT2D eigenvalue weighted by Gasteiger charge is -2.06. The van der Waals surface area contributed by atoms with Crippen molar-refractivity contribution in [2.24, 2.45) is 0 Å². The number of rotatable bonds is 3. The average Bonchev–Trinajstić information content (AvgIpc) is 2.67. The van der Waals surface area contributed by atoms with Crippen LogP contribution in [0.25, 0.3) is 11.3 Å². The third-order valence-corrected chi connectivity index (χ3v) is 2.97. The first-order chi connectivity index (χ1) is 8.54. The van der Waals surface area contributed by atoms with Gasteiger partial charge < -0.3 is 9.84 Å². The van der Waals surface area contributed by atoms with Crippen molar-refractivity contribution in [3.05, 3.63) is 30.0 Å². The first-order valence-electron chi connectivity index (χ1n) is 5.97. The van der Waals surface area contributed by atoms with E-state index in [1.54, 1.807) is 7.11 Å². The van der Waals surface area contributed by atoms with Crippen LogP contribution in [0.5, 0.6) is 11.5 Å². The highest BCUT2D eigenvalue weighted by atomic mass is 16.5. The van der Waals surface area contributed by atoms with E-state index < -0.39 is 0 Å². The normalized spacial score (nSPS) is 10.9. The molecule has 0 fully saturated rings. The van der Waals surface area contributed by atoms with Crippen LogP contribution in [-0.2, 0) is 0 Å². The molecule has 2 rings (SSSR count). The Bertz CT molecular complexity index is 542. The standard InChI is InChI=1S/C14H18N2O2/c1-9(2)16-10(3)14(17)13(15-16)11-5-7-12(18-4)8-6-11/h5-9,17H,1-4H3. The zero-order valence-electron chi connectivity index (χ0n) is 11.1. The van der Waals surface area contributed by atoms with E-state index in [4.69, 9.17) is 4.74 Å². The van der Waals surface area contributed by atoms with Crippen LogP contribution in [0.1, 0.15) is 25.6 Å². The van der Waals surface area contributed by atoms with Crippen molar-refractivity contribution < 1.29 is 9.84 Å². The van der Waals surface area contributed by atoms with Crippen LogP contribution in [-0.4, -0.2) is 22.0 Å². The molecule has 4 nitrogen and oxygen atoms in total. The molecule has 1 N–H and O–H groups in total. The van der Waals surface area contributed by atoms with Crippen LogP contribution in [0.2, 0.25) is 0 Å². The minimum Gasteiger partial charge on any atom is -0.504 e. The first-order valence-corrected chi connectivity index (χ1v) is 5.97. The van der Waals surface area contributed by atoms with E-state index in [2.05, 4.69) is 5.10 Å². The van der Waals surface area contributed by atoms with Crippen LogP contribution in [0.15, 0.2) is 24.3 Å². The van der Waals surface area contributed by atoms with Gasteiger partial charge in [0.05, 0.1) is 12.8 Å². The van der Waals surface area contributed by atoms with Gasteiger partial charge in [-0.15, -0.1) is 0 Å². The fourth-order valence-corrected chi connectivity index (χ4v) is 1.96. The monoisotopic (exact) mass is 246 g/mol. The Morgan fingerprint density at radius 1 is 1.22 bits per heavy atom.